The van der Waals surface area contributed by atoms with Crippen LogP contribution < -0.4 is 4.84 Å². The van der Waals surface area contributed by atoms with Crippen LogP contribution in [0.1, 0.15) is 0 Å². The van der Waals surface area contributed by atoms with Crippen LogP contribution in [-0.4, -0.2) is 11.8 Å². The highest BCUT2D eigenvalue weighted by Gasteiger charge is 2.03. The second-order valence-electron chi connectivity index (χ2n) is 2.50. The quantitative estimate of drug-likeness (QED) is 0.628. The molecule has 2 aromatic rings. The molecule has 0 aliphatic heterocycles. The number of hydrogen-bond donors (Lipinski definition) is 0. The van der Waals surface area contributed by atoms with E-state index in [0.29, 0.717) is 5.39 Å². The molecule has 62 valence electrons. The Morgan fingerprint density at radius 3 is 2.92 bits per heavy atom. The van der Waals surface area contributed by atoms with E-state index in [2.05, 4.69) is 0 Å². The summed E-state index contributed by atoms with van der Waals surface area (Å²) < 4.78 is 14.6. The first kappa shape index (κ1) is 7.16. The van der Waals surface area contributed by atoms with Crippen molar-refractivity contribution in [1.29, 1.82) is 0 Å². The van der Waals surface area contributed by atoms with E-state index in [1.54, 1.807) is 25.4 Å². The molecule has 12 heavy (non-hydrogen) atoms. The van der Waals surface area contributed by atoms with Gasteiger partial charge in [0.1, 0.15) is 12.9 Å². The third-order valence-electron chi connectivity index (χ3n) is 1.84. The highest BCUT2D eigenvalue weighted by molar-refractivity contribution is 5.80. The van der Waals surface area contributed by atoms with Crippen molar-refractivity contribution >= 4 is 10.9 Å². The number of aromatic nitrogens is 1. The summed E-state index contributed by atoms with van der Waals surface area (Å²) in [6, 6.07) is 6.59. The Bertz CT molecular complexity index is 408. The average molecular weight is 165 g/mol. The minimum Gasteiger partial charge on any atom is -0.417 e. The molecule has 1 heterocycles. The fourth-order valence-electron chi connectivity index (χ4n) is 1.26. The lowest BCUT2D eigenvalue weighted by Gasteiger charge is -2.00. The Hall–Kier alpha value is -1.51. The maximum absolute atomic E-state index is 13.1. The maximum Gasteiger partial charge on any atom is 0.132 e. The van der Waals surface area contributed by atoms with Crippen molar-refractivity contribution in [1.82, 2.24) is 4.73 Å². The van der Waals surface area contributed by atoms with Crippen LogP contribution in [0, 0.1) is 5.82 Å². The van der Waals surface area contributed by atoms with Crippen molar-refractivity contribution in [2.24, 2.45) is 0 Å². The van der Waals surface area contributed by atoms with Gasteiger partial charge in [-0.15, -0.1) is 0 Å². The molecule has 0 saturated heterocycles. The van der Waals surface area contributed by atoms with Crippen LogP contribution in [0.4, 0.5) is 4.39 Å². The predicted molar refractivity (Wildman–Crippen MR) is 44.4 cm³/mol. The summed E-state index contributed by atoms with van der Waals surface area (Å²) in [4.78, 5) is 4.97. The van der Waals surface area contributed by atoms with E-state index in [1.165, 1.54) is 10.8 Å². The lowest BCUT2D eigenvalue weighted by Crippen LogP contribution is -2.02. The molecule has 0 aliphatic rings. The maximum atomic E-state index is 13.1. The second-order valence-corrected chi connectivity index (χ2v) is 2.50. The number of nitrogens with zero attached hydrogens (tertiary/aromatic N) is 1. The minimum atomic E-state index is -0.219. The molecule has 0 aliphatic carbocycles. The molecule has 0 saturated carbocycles. The van der Waals surface area contributed by atoms with E-state index in [1.807, 2.05) is 6.07 Å². The number of benzene rings is 1. The van der Waals surface area contributed by atoms with Crippen LogP contribution in [0.3, 0.4) is 0 Å². The Labute approximate surface area is 69.1 Å². The zero-order valence-electron chi connectivity index (χ0n) is 6.62. The van der Waals surface area contributed by atoms with Gasteiger partial charge in [-0.3, -0.25) is 0 Å². The Morgan fingerprint density at radius 1 is 1.33 bits per heavy atom. The van der Waals surface area contributed by atoms with Crippen LogP contribution >= 0.6 is 0 Å². The fraction of sp³-hybridized carbons (Fsp3) is 0.111. The first-order chi connectivity index (χ1) is 5.83. The SMILES string of the molecule is COn1ccc2c(F)cccc21. The third-order valence-corrected chi connectivity index (χ3v) is 1.84. The van der Waals surface area contributed by atoms with Gasteiger partial charge < -0.3 is 4.84 Å². The lowest BCUT2D eigenvalue weighted by atomic mass is 10.2. The molecule has 0 amide bonds. The van der Waals surface area contributed by atoms with Crippen LogP contribution in [0.25, 0.3) is 10.9 Å². The Balaban J connectivity index is 2.80. The number of fused-ring (bicyclic) bond motifs is 1. The number of rotatable bonds is 1. The van der Waals surface area contributed by atoms with Crippen molar-refractivity contribution in [3.8, 4) is 0 Å². The summed E-state index contributed by atoms with van der Waals surface area (Å²) in [5.41, 5.74) is 0.748. The molecule has 1 aromatic heterocycles. The van der Waals surface area contributed by atoms with Gasteiger partial charge >= 0.3 is 0 Å². The van der Waals surface area contributed by atoms with E-state index >= 15 is 0 Å². The van der Waals surface area contributed by atoms with Crippen LogP contribution in [-0.2, 0) is 0 Å². The first-order valence-electron chi connectivity index (χ1n) is 3.63. The van der Waals surface area contributed by atoms with E-state index < -0.39 is 0 Å². The van der Waals surface area contributed by atoms with Crippen LogP contribution in [0.2, 0.25) is 0 Å². The van der Waals surface area contributed by atoms with Crippen LogP contribution in [0.5, 0.6) is 0 Å². The summed E-state index contributed by atoms with van der Waals surface area (Å²) in [5, 5.41) is 0.583. The van der Waals surface area contributed by atoms with Gasteiger partial charge in [-0.05, 0) is 18.2 Å². The van der Waals surface area contributed by atoms with Gasteiger partial charge in [0.2, 0.25) is 0 Å². The summed E-state index contributed by atoms with van der Waals surface area (Å²) >= 11 is 0. The molecule has 0 atom stereocenters. The van der Waals surface area contributed by atoms with Gasteiger partial charge in [0.25, 0.3) is 0 Å². The van der Waals surface area contributed by atoms with Crippen molar-refractivity contribution in [2.45, 2.75) is 0 Å². The molecule has 0 spiro atoms. The zero-order valence-corrected chi connectivity index (χ0v) is 6.62. The van der Waals surface area contributed by atoms with E-state index in [9.17, 15) is 4.39 Å². The van der Waals surface area contributed by atoms with Gasteiger partial charge in [0, 0.05) is 11.6 Å². The van der Waals surface area contributed by atoms with Gasteiger partial charge in [0.05, 0.1) is 5.52 Å². The molecule has 0 unspecified atom stereocenters. The van der Waals surface area contributed by atoms with Gasteiger partial charge in [0.15, 0.2) is 0 Å². The lowest BCUT2D eigenvalue weighted by molar-refractivity contribution is 0.179. The highest BCUT2D eigenvalue weighted by Crippen LogP contribution is 2.17. The highest BCUT2D eigenvalue weighted by atomic mass is 19.1. The summed E-state index contributed by atoms with van der Waals surface area (Å²) in [6.07, 6.45) is 1.69. The minimum absolute atomic E-state index is 0.219. The van der Waals surface area contributed by atoms with Crippen molar-refractivity contribution in [3.05, 3.63) is 36.3 Å². The standard InChI is InChI=1S/C9H8FNO/c1-12-11-6-5-7-8(10)3-2-4-9(7)11/h2-6H,1H3. The molecule has 1 aromatic carbocycles. The molecule has 0 fully saturated rings. The molecule has 0 bridgehead atoms. The molecule has 0 N–H and O–H groups in total. The molecule has 2 rings (SSSR count). The van der Waals surface area contributed by atoms with E-state index in [4.69, 9.17) is 4.84 Å². The van der Waals surface area contributed by atoms with E-state index in [-0.39, 0.29) is 5.82 Å². The average Bonchev–Trinajstić information content (AvgIpc) is 2.49. The fourth-order valence-corrected chi connectivity index (χ4v) is 1.26. The molecule has 2 nitrogen and oxygen atoms in total. The summed E-state index contributed by atoms with van der Waals surface area (Å²) in [7, 11) is 1.55. The topological polar surface area (TPSA) is 14.2 Å². The Morgan fingerprint density at radius 2 is 2.17 bits per heavy atom. The normalized spacial score (nSPS) is 10.5. The number of halogens is 1. The molecular formula is C9H8FNO. The summed E-state index contributed by atoms with van der Waals surface area (Å²) in [6.45, 7) is 0. The van der Waals surface area contributed by atoms with Gasteiger partial charge in [-0.25, -0.2) is 4.39 Å². The predicted octanol–water partition coefficient (Wildman–Crippen LogP) is 1.84. The number of hydrogen-bond acceptors (Lipinski definition) is 1. The molecule has 3 heteroatoms. The Kier molecular flexibility index (Phi) is 1.50. The monoisotopic (exact) mass is 165 g/mol. The van der Waals surface area contributed by atoms with Gasteiger partial charge in [-0.1, -0.05) is 6.07 Å². The van der Waals surface area contributed by atoms with Crippen molar-refractivity contribution in [2.75, 3.05) is 7.11 Å². The largest absolute Gasteiger partial charge is 0.417 e. The first-order valence-corrected chi connectivity index (χ1v) is 3.63. The van der Waals surface area contributed by atoms with Crippen LogP contribution in [0.15, 0.2) is 30.5 Å². The van der Waals surface area contributed by atoms with E-state index in [0.717, 1.165) is 5.52 Å². The molecular weight excluding hydrogens is 157 g/mol. The molecule has 0 radical (unpaired) electrons. The van der Waals surface area contributed by atoms with Crippen molar-refractivity contribution in [3.63, 3.8) is 0 Å². The summed E-state index contributed by atoms with van der Waals surface area (Å²) in [5.74, 6) is -0.219. The zero-order chi connectivity index (χ0) is 8.55. The second kappa shape index (κ2) is 2.52. The third kappa shape index (κ3) is 0.863. The smallest absolute Gasteiger partial charge is 0.132 e. The van der Waals surface area contributed by atoms with Crippen molar-refractivity contribution < 1.29 is 9.23 Å². The van der Waals surface area contributed by atoms with Gasteiger partial charge in [-0.2, -0.15) is 4.73 Å².